The first-order valence-corrected chi connectivity index (χ1v) is 12.3. The van der Waals surface area contributed by atoms with E-state index in [0.29, 0.717) is 27.4 Å². The lowest BCUT2D eigenvalue weighted by molar-refractivity contribution is 0.209. The fraction of sp³-hybridized carbons (Fsp3) is 0.320. The van der Waals surface area contributed by atoms with Gasteiger partial charge in [0.05, 0.1) is 15.6 Å². The minimum atomic E-state index is -0.845. The third-order valence-corrected chi connectivity index (χ3v) is 6.96. The highest BCUT2D eigenvalue weighted by atomic mass is 35.5. The summed E-state index contributed by atoms with van der Waals surface area (Å²) < 4.78 is 5.97. The van der Waals surface area contributed by atoms with Gasteiger partial charge in [-0.05, 0) is 44.2 Å². The van der Waals surface area contributed by atoms with E-state index < -0.39 is 6.23 Å². The van der Waals surface area contributed by atoms with Gasteiger partial charge in [-0.3, -0.25) is 20.7 Å². The average molecular weight is 512 g/mol. The number of piperazine rings is 1. The van der Waals surface area contributed by atoms with Crippen molar-refractivity contribution in [3.63, 3.8) is 0 Å². The van der Waals surface area contributed by atoms with Crippen molar-refractivity contribution in [2.24, 2.45) is 5.73 Å². The van der Waals surface area contributed by atoms with Crippen molar-refractivity contribution in [3.05, 3.63) is 64.5 Å². The lowest BCUT2D eigenvalue weighted by atomic mass is 10.1. The Morgan fingerprint density at radius 1 is 1.00 bits per heavy atom. The highest BCUT2D eigenvalue weighted by Gasteiger charge is 2.20. The Hall–Kier alpha value is -2.91. The van der Waals surface area contributed by atoms with Crippen LogP contribution in [0.5, 0.6) is 5.75 Å². The molecule has 1 aliphatic heterocycles. The van der Waals surface area contributed by atoms with Crippen molar-refractivity contribution < 1.29 is 4.74 Å². The van der Waals surface area contributed by atoms with Crippen LogP contribution in [0.3, 0.4) is 0 Å². The number of halogens is 2. The van der Waals surface area contributed by atoms with E-state index in [4.69, 9.17) is 38.7 Å². The zero-order valence-corrected chi connectivity index (χ0v) is 21.1. The van der Waals surface area contributed by atoms with E-state index in [2.05, 4.69) is 51.0 Å². The van der Waals surface area contributed by atoms with Gasteiger partial charge in [-0.25, -0.2) is 4.98 Å². The molecule has 0 bridgehead atoms. The lowest BCUT2D eigenvalue weighted by Gasteiger charge is -2.37. The molecule has 0 saturated carbocycles. The summed E-state index contributed by atoms with van der Waals surface area (Å²) in [5.41, 5.74) is 9.34. The van der Waals surface area contributed by atoms with Gasteiger partial charge in [0, 0.05) is 67.3 Å². The molecule has 1 saturated heterocycles. The number of H-pyrrole nitrogens is 1. The quantitative estimate of drug-likeness (QED) is 0.355. The number of benzene rings is 1. The summed E-state index contributed by atoms with van der Waals surface area (Å²) in [5, 5.41) is 9.21. The normalized spacial score (nSPS) is 15.7. The number of nitrogens with zero attached hydrogens (tertiary/aromatic N) is 5. The van der Waals surface area contributed by atoms with Crippen LogP contribution in [0.1, 0.15) is 25.6 Å². The van der Waals surface area contributed by atoms with Crippen LogP contribution >= 0.6 is 23.2 Å². The number of fused-ring (bicyclic) bond motifs is 1. The highest BCUT2D eigenvalue weighted by molar-refractivity contribution is 6.35. The molecule has 182 valence electrons. The Labute approximate surface area is 214 Å². The van der Waals surface area contributed by atoms with Gasteiger partial charge >= 0.3 is 0 Å². The standard InChI is InChI=1S/C25H27Cl2N7O/c1-15(2)33-7-9-34(10-8-33)22-6-3-16(12-30-22)24-18-11-17(4-5-21(18)31-32-24)35-25(28)23-19(26)13-29-14-20(23)27/h3-6,11-15,25H,7-10,28H2,1-2H3,(H,31,32)/t25-/m0/s1. The summed E-state index contributed by atoms with van der Waals surface area (Å²) in [6, 6.07) is 10.3. The topological polar surface area (TPSA) is 96.2 Å². The van der Waals surface area contributed by atoms with E-state index in [0.717, 1.165) is 54.2 Å². The molecule has 0 aliphatic carbocycles. The van der Waals surface area contributed by atoms with Crippen LogP contribution in [0.4, 0.5) is 5.82 Å². The first kappa shape index (κ1) is 23.8. The Balaban J connectivity index is 1.35. The molecule has 0 radical (unpaired) electrons. The molecular formula is C25H27Cl2N7O. The fourth-order valence-corrected chi connectivity index (χ4v) is 4.95. The van der Waals surface area contributed by atoms with E-state index in [9.17, 15) is 0 Å². The SMILES string of the molecule is CC(C)N1CCN(c2ccc(-c3n[nH]c4ccc(O[C@H](N)c5c(Cl)cncc5Cl)cc34)cn2)CC1. The number of nitrogens with one attached hydrogen (secondary N) is 1. The maximum atomic E-state index is 6.25. The van der Waals surface area contributed by atoms with Crippen molar-refractivity contribution in [1.29, 1.82) is 0 Å². The van der Waals surface area contributed by atoms with Crippen LogP contribution in [0.25, 0.3) is 22.2 Å². The largest absolute Gasteiger partial charge is 0.471 e. The molecule has 1 aromatic carbocycles. The number of aromatic amines is 1. The molecule has 3 N–H and O–H groups in total. The van der Waals surface area contributed by atoms with E-state index in [1.54, 1.807) is 0 Å². The van der Waals surface area contributed by atoms with Gasteiger partial charge in [0.2, 0.25) is 0 Å². The molecule has 0 amide bonds. The van der Waals surface area contributed by atoms with Gasteiger partial charge in [-0.2, -0.15) is 5.10 Å². The van der Waals surface area contributed by atoms with Crippen LogP contribution in [-0.4, -0.2) is 57.3 Å². The number of anilines is 1. The molecule has 4 heterocycles. The summed E-state index contributed by atoms with van der Waals surface area (Å²) >= 11 is 12.5. The molecule has 1 aliphatic rings. The van der Waals surface area contributed by atoms with Gasteiger partial charge in [-0.1, -0.05) is 23.2 Å². The van der Waals surface area contributed by atoms with Gasteiger partial charge < -0.3 is 9.64 Å². The zero-order valence-electron chi connectivity index (χ0n) is 19.6. The smallest absolute Gasteiger partial charge is 0.177 e. The third kappa shape index (κ3) is 4.92. The number of nitrogens with two attached hydrogens (primary N) is 1. The molecule has 1 fully saturated rings. The minimum absolute atomic E-state index is 0.354. The van der Waals surface area contributed by atoms with E-state index in [-0.39, 0.29) is 0 Å². The number of hydrogen-bond donors (Lipinski definition) is 2. The maximum absolute atomic E-state index is 6.25. The van der Waals surface area contributed by atoms with Crippen molar-refractivity contribution in [2.45, 2.75) is 26.1 Å². The molecule has 0 spiro atoms. The first-order chi connectivity index (χ1) is 16.9. The number of hydrogen-bond acceptors (Lipinski definition) is 7. The summed E-state index contributed by atoms with van der Waals surface area (Å²) in [6.45, 7) is 8.53. The second kappa shape index (κ2) is 9.99. The number of ether oxygens (including phenoxy) is 1. The van der Waals surface area contributed by atoms with Crippen molar-refractivity contribution in [3.8, 4) is 17.0 Å². The highest BCUT2D eigenvalue weighted by Crippen LogP contribution is 2.33. The molecule has 1 atom stereocenters. The Morgan fingerprint density at radius 2 is 1.74 bits per heavy atom. The summed E-state index contributed by atoms with van der Waals surface area (Å²) in [4.78, 5) is 13.5. The monoisotopic (exact) mass is 511 g/mol. The van der Waals surface area contributed by atoms with Crippen LogP contribution in [0.2, 0.25) is 10.0 Å². The fourth-order valence-electron chi connectivity index (χ4n) is 4.37. The van der Waals surface area contributed by atoms with Gasteiger partial charge in [0.15, 0.2) is 6.23 Å². The van der Waals surface area contributed by atoms with Crippen LogP contribution < -0.4 is 15.4 Å². The van der Waals surface area contributed by atoms with Crippen LogP contribution in [0, 0.1) is 0 Å². The lowest BCUT2D eigenvalue weighted by Crippen LogP contribution is -2.49. The van der Waals surface area contributed by atoms with Gasteiger partial charge in [-0.15, -0.1) is 0 Å². The summed E-state index contributed by atoms with van der Waals surface area (Å²) in [5.74, 6) is 1.56. The van der Waals surface area contributed by atoms with E-state index in [1.807, 2.05) is 24.4 Å². The molecule has 0 unspecified atom stereocenters. The second-order valence-corrected chi connectivity index (χ2v) is 9.67. The Bertz CT molecular complexity index is 1300. The van der Waals surface area contributed by atoms with Gasteiger partial charge in [0.1, 0.15) is 17.3 Å². The predicted molar refractivity (Wildman–Crippen MR) is 140 cm³/mol. The summed E-state index contributed by atoms with van der Waals surface area (Å²) in [6.07, 6.45) is 4.01. The molecular weight excluding hydrogens is 485 g/mol. The van der Waals surface area contributed by atoms with E-state index in [1.165, 1.54) is 12.4 Å². The first-order valence-electron chi connectivity index (χ1n) is 11.6. The predicted octanol–water partition coefficient (Wildman–Crippen LogP) is 4.89. The Morgan fingerprint density at radius 3 is 2.40 bits per heavy atom. The zero-order chi connectivity index (χ0) is 24.5. The van der Waals surface area contributed by atoms with E-state index >= 15 is 0 Å². The number of pyridine rings is 2. The Kier molecular flexibility index (Phi) is 6.80. The third-order valence-electron chi connectivity index (χ3n) is 6.36. The number of rotatable bonds is 6. The molecule has 5 rings (SSSR count). The molecule has 3 aromatic heterocycles. The minimum Gasteiger partial charge on any atom is -0.471 e. The molecule has 10 heteroatoms. The number of aromatic nitrogens is 4. The maximum Gasteiger partial charge on any atom is 0.177 e. The van der Waals surface area contributed by atoms with Crippen molar-refractivity contribution >= 4 is 39.9 Å². The van der Waals surface area contributed by atoms with Gasteiger partial charge in [0.25, 0.3) is 0 Å². The summed E-state index contributed by atoms with van der Waals surface area (Å²) in [7, 11) is 0. The molecule has 4 aromatic rings. The van der Waals surface area contributed by atoms with Crippen LogP contribution in [-0.2, 0) is 0 Å². The average Bonchev–Trinajstić information content (AvgIpc) is 3.27. The van der Waals surface area contributed by atoms with Crippen molar-refractivity contribution in [2.75, 3.05) is 31.1 Å². The second-order valence-electron chi connectivity index (χ2n) is 8.86. The molecule has 35 heavy (non-hydrogen) atoms. The van der Waals surface area contributed by atoms with Crippen LogP contribution in [0.15, 0.2) is 48.9 Å². The molecule has 8 nitrogen and oxygen atoms in total. The van der Waals surface area contributed by atoms with Crippen molar-refractivity contribution in [1.82, 2.24) is 25.1 Å².